The molecule has 0 bridgehead atoms. The van der Waals surface area contributed by atoms with Crippen molar-refractivity contribution in [3.63, 3.8) is 0 Å². The van der Waals surface area contributed by atoms with Gasteiger partial charge in [0.2, 0.25) is 0 Å². The maximum Gasteiger partial charge on any atom is 2.00 e. The molecule has 0 aliphatic rings. The molecule has 0 rings (SSSR count). The Hall–Kier alpha value is 3.93. The SMILES string of the molecule is O.O.O=[P+]([O-])O[Si]([O-])([O-])[O-].O=[P+]([O-])O[Si]([O-])([O-])[O-].[Ca+2].[Ca+2].[Ca+2]. The number of rotatable bonds is 4. The van der Waals surface area contributed by atoms with E-state index in [0.29, 0.717) is 0 Å². The minimum Gasteiger partial charge on any atom is -0.857 e. The topological polar surface area (TPSA) is 300 Å². The minimum atomic E-state index is -5.57. The average Bonchev–Trinajstić information content (AvgIpc) is 1.72. The maximum atomic E-state index is 9.34. The van der Waals surface area contributed by atoms with Crippen molar-refractivity contribution in [2.75, 3.05) is 0 Å². The molecular formula is H4Ca3O14P2Si2. The monoisotopic (exact) mass is 466 g/mol. The largest absolute Gasteiger partial charge is 2.00 e. The Morgan fingerprint density at radius 1 is 0.619 bits per heavy atom. The molecule has 2 atom stereocenters. The van der Waals surface area contributed by atoms with Crippen LogP contribution in [0.3, 0.4) is 0 Å². The summed E-state index contributed by atoms with van der Waals surface area (Å²) >= 11 is 0. The Kier molecular flexibility index (Phi) is 46.5. The third-order valence-electron chi connectivity index (χ3n) is 0.373. The first-order valence-corrected chi connectivity index (χ1v) is 8.19. The fraction of sp³-hybridized carbons (Fsp3) is 0. The number of hydrogen-bond donors (Lipinski definition) is 0. The molecule has 2 unspecified atom stereocenters. The van der Waals surface area contributed by atoms with Gasteiger partial charge in [0.15, 0.2) is 0 Å². The summed E-state index contributed by atoms with van der Waals surface area (Å²) in [6.45, 7) is 0. The van der Waals surface area contributed by atoms with Crippen LogP contribution in [0.25, 0.3) is 0 Å². The zero-order chi connectivity index (χ0) is 13.6. The first-order chi connectivity index (χ1) is 6.83. The second kappa shape index (κ2) is 22.0. The van der Waals surface area contributed by atoms with Crippen molar-refractivity contribution >= 4 is 148 Å². The van der Waals surface area contributed by atoms with E-state index in [0.717, 1.165) is 0 Å². The summed E-state index contributed by atoms with van der Waals surface area (Å²) in [7, 11) is -18.3. The van der Waals surface area contributed by atoms with E-state index in [4.69, 9.17) is 0 Å². The van der Waals surface area contributed by atoms with E-state index in [1.54, 1.807) is 0 Å². The van der Waals surface area contributed by atoms with E-state index in [1.807, 2.05) is 0 Å². The maximum absolute atomic E-state index is 9.34. The Morgan fingerprint density at radius 2 is 0.762 bits per heavy atom. The molecule has 0 aliphatic heterocycles. The molecule has 0 spiro atoms. The molecule has 0 saturated carbocycles. The summed E-state index contributed by atoms with van der Waals surface area (Å²) in [6, 6.07) is 0. The van der Waals surface area contributed by atoms with Crippen molar-refractivity contribution in [3.8, 4) is 0 Å². The molecule has 0 aliphatic carbocycles. The van der Waals surface area contributed by atoms with E-state index in [2.05, 4.69) is 8.43 Å². The third kappa shape index (κ3) is 59.3. The summed E-state index contributed by atoms with van der Waals surface area (Å²) in [4.78, 5) is 74.5. The molecule has 0 aromatic rings. The first-order valence-electron chi connectivity index (χ1n) is 2.73. The predicted octanol–water partition coefficient (Wildman–Crippen LogP) is -11.7. The van der Waals surface area contributed by atoms with Crippen molar-refractivity contribution in [1.82, 2.24) is 0 Å². The van der Waals surface area contributed by atoms with Gasteiger partial charge in [-0.2, -0.15) is 0 Å². The summed E-state index contributed by atoms with van der Waals surface area (Å²) in [6.07, 6.45) is 0. The van der Waals surface area contributed by atoms with Crippen molar-refractivity contribution in [1.29, 1.82) is 0 Å². The number of hydrogen-bond acceptors (Lipinski definition) is 12. The van der Waals surface area contributed by atoms with Gasteiger partial charge in [0, 0.05) is 0 Å². The molecule has 21 heteroatoms. The molecule has 4 N–H and O–H groups in total. The van der Waals surface area contributed by atoms with Crippen LogP contribution in [0.1, 0.15) is 0 Å². The van der Waals surface area contributed by atoms with Crippen molar-refractivity contribution in [3.05, 3.63) is 0 Å². The Labute approximate surface area is 211 Å². The molecule has 21 heavy (non-hydrogen) atoms. The fourth-order valence-corrected chi connectivity index (χ4v) is 1.64. The zero-order valence-electron chi connectivity index (χ0n) is 9.91. The second-order valence-corrected chi connectivity index (χ2v) is 5.98. The quantitative estimate of drug-likeness (QED) is 0.275. The van der Waals surface area contributed by atoms with Crippen LogP contribution in [-0.2, 0) is 17.6 Å². The first kappa shape index (κ1) is 44.4. The molecule has 112 valence electrons. The van der Waals surface area contributed by atoms with Crippen LogP contribution in [0, 0.1) is 0 Å². The van der Waals surface area contributed by atoms with Gasteiger partial charge in [-0.3, -0.25) is 8.43 Å². The van der Waals surface area contributed by atoms with Crippen LogP contribution in [0.4, 0.5) is 0 Å². The van der Waals surface area contributed by atoms with Crippen LogP contribution in [-0.4, -0.2) is 142 Å². The smallest absolute Gasteiger partial charge is 0.857 e. The van der Waals surface area contributed by atoms with Crippen molar-refractivity contribution < 1.29 is 67.1 Å². The van der Waals surface area contributed by atoms with Crippen LogP contribution in [0.2, 0.25) is 0 Å². The minimum absolute atomic E-state index is 0. The van der Waals surface area contributed by atoms with E-state index < -0.39 is 34.6 Å². The van der Waals surface area contributed by atoms with Crippen LogP contribution < -0.4 is 38.6 Å². The van der Waals surface area contributed by atoms with E-state index >= 15 is 0 Å². The summed E-state index contributed by atoms with van der Waals surface area (Å²) in [5.74, 6) is 0. The average molecular weight is 466 g/mol. The normalized spacial score (nSPS) is 10.5. The third-order valence-corrected chi connectivity index (χ3v) is 3.35. The standard InChI is InChI=1S/3Ca.2O6PSi.2H2O/c;;;2*1-7(2)6-8(3,4)5;;/h;;;;;2*1H2/q3*+2;2*-3;;. The summed E-state index contributed by atoms with van der Waals surface area (Å²) < 4.78 is 24.3. The van der Waals surface area contributed by atoms with Crippen molar-refractivity contribution in [2.24, 2.45) is 0 Å². The molecule has 14 nitrogen and oxygen atoms in total. The van der Waals surface area contributed by atoms with Gasteiger partial charge in [-0.1, -0.05) is 0 Å². The molecule has 0 aromatic carbocycles. The van der Waals surface area contributed by atoms with Crippen molar-refractivity contribution in [2.45, 2.75) is 0 Å². The van der Waals surface area contributed by atoms with Crippen LogP contribution in [0.5, 0.6) is 0 Å². The molecule has 0 saturated heterocycles. The zero-order valence-corrected chi connectivity index (χ0v) is 20.3. The predicted molar refractivity (Wildman–Crippen MR) is 53.4 cm³/mol. The summed E-state index contributed by atoms with van der Waals surface area (Å²) in [5.41, 5.74) is 0. The summed E-state index contributed by atoms with van der Waals surface area (Å²) in [5, 5.41) is 0. The van der Waals surface area contributed by atoms with Gasteiger partial charge in [0.1, 0.15) is 0 Å². The molecule has 0 amide bonds. The van der Waals surface area contributed by atoms with Gasteiger partial charge in [-0.15, -0.1) is 0 Å². The molecule has 0 fully saturated rings. The fourth-order valence-electron chi connectivity index (χ4n) is 0.183. The molecule has 0 heterocycles. The van der Waals surface area contributed by atoms with Gasteiger partial charge < -0.3 is 49.5 Å². The molecule has 0 aromatic heterocycles. The van der Waals surface area contributed by atoms with Crippen LogP contribution >= 0.6 is 16.5 Å². The van der Waals surface area contributed by atoms with Gasteiger partial charge in [-0.25, -0.2) is 0 Å². The molecule has 0 radical (unpaired) electrons. The van der Waals surface area contributed by atoms with Gasteiger partial charge in [0.25, 0.3) is 0 Å². The van der Waals surface area contributed by atoms with E-state index in [1.165, 1.54) is 0 Å². The molecular weight excluding hydrogens is 462 g/mol. The van der Waals surface area contributed by atoms with Crippen LogP contribution in [0.15, 0.2) is 0 Å². The Bertz CT molecular complexity index is 222. The van der Waals surface area contributed by atoms with Gasteiger partial charge >= 0.3 is 130 Å². The Balaban J connectivity index is -0.0000000302. The van der Waals surface area contributed by atoms with E-state index in [-0.39, 0.29) is 124 Å². The second-order valence-electron chi connectivity index (χ2n) is 1.63. The van der Waals surface area contributed by atoms with E-state index in [9.17, 15) is 47.7 Å². The van der Waals surface area contributed by atoms with Gasteiger partial charge in [-0.05, 0) is 27.2 Å². The van der Waals surface area contributed by atoms with Gasteiger partial charge in [0.05, 0.1) is 0 Å². The Morgan fingerprint density at radius 3 is 0.762 bits per heavy atom.